The highest BCUT2D eigenvalue weighted by Crippen LogP contribution is 2.34. The van der Waals surface area contributed by atoms with E-state index in [0.717, 1.165) is 36.4 Å². The summed E-state index contributed by atoms with van der Waals surface area (Å²) in [5.41, 5.74) is 1.06. The molecule has 1 aliphatic carbocycles. The van der Waals surface area contributed by atoms with Gasteiger partial charge in [0.1, 0.15) is 17.8 Å². The molecule has 1 fully saturated rings. The van der Waals surface area contributed by atoms with Gasteiger partial charge < -0.3 is 10.6 Å². The highest BCUT2D eigenvalue weighted by atomic mass is 32.1. The Morgan fingerprint density at radius 3 is 2.53 bits per heavy atom. The second kappa shape index (κ2) is 9.00. The van der Waals surface area contributed by atoms with Crippen LogP contribution in [-0.4, -0.2) is 15.8 Å². The smallest absolute Gasteiger partial charge is 0.294 e. The Hall–Kier alpha value is -4.02. The normalized spacial score (nSPS) is 13.8. The van der Waals surface area contributed by atoms with Crippen LogP contribution >= 0.6 is 11.3 Å². The number of nitrogens with one attached hydrogen (secondary N) is 2. The predicted molar refractivity (Wildman–Crippen MR) is 121 cm³/mol. The summed E-state index contributed by atoms with van der Waals surface area (Å²) in [6.45, 7) is 0. The van der Waals surface area contributed by atoms with Crippen LogP contribution in [-0.2, 0) is 4.79 Å². The van der Waals surface area contributed by atoms with Gasteiger partial charge >= 0.3 is 0 Å². The zero-order valence-corrected chi connectivity index (χ0v) is 17.7. The van der Waals surface area contributed by atoms with Crippen molar-refractivity contribution in [2.24, 2.45) is 5.92 Å². The molecule has 160 valence electrons. The summed E-state index contributed by atoms with van der Waals surface area (Å²) < 4.78 is 0.797. The van der Waals surface area contributed by atoms with Crippen LogP contribution in [0.15, 0.2) is 30.3 Å². The highest BCUT2D eigenvalue weighted by Gasteiger charge is 2.22. The zero-order chi connectivity index (χ0) is 22.7. The third kappa shape index (κ3) is 4.36. The molecule has 10 heteroatoms. The Balaban J connectivity index is 1.58. The van der Waals surface area contributed by atoms with E-state index in [9.17, 15) is 20.2 Å². The Morgan fingerprint density at radius 1 is 1.12 bits per heavy atom. The van der Waals surface area contributed by atoms with E-state index >= 15 is 0 Å². The van der Waals surface area contributed by atoms with Gasteiger partial charge in [0.15, 0.2) is 5.13 Å². The van der Waals surface area contributed by atoms with Crippen molar-refractivity contribution < 1.29 is 9.72 Å². The van der Waals surface area contributed by atoms with E-state index in [2.05, 4.69) is 15.6 Å². The third-order valence-corrected chi connectivity index (χ3v) is 6.38. The first-order valence-electron chi connectivity index (χ1n) is 10.1. The van der Waals surface area contributed by atoms with Crippen molar-refractivity contribution in [2.45, 2.75) is 32.1 Å². The Kier molecular flexibility index (Phi) is 5.97. The van der Waals surface area contributed by atoms with Gasteiger partial charge in [-0.05, 0) is 37.1 Å². The number of aromatic nitrogens is 1. The van der Waals surface area contributed by atoms with E-state index in [1.165, 1.54) is 23.8 Å². The number of fused-ring (bicyclic) bond motifs is 1. The minimum absolute atomic E-state index is 0.000607. The Bertz CT molecular complexity index is 1300. The van der Waals surface area contributed by atoms with Gasteiger partial charge in [-0.2, -0.15) is 10.5 Å². The second-order valence-electron chi connectivity index (χ2n) is 7.55. The fourth-order valence-corrected chi connectivity index (χ4v) is 4.72. The third-order valence-electron chi connectivity index (χ3n) is 5.45. The number of nitro benzene ring substituents is 1. The fraction of sp³-hybridized carbons (Fsp3) is 0.273. The van der Waals surface area contributed by atoms with Gasteiger partial charge in [0.25, 0.3) is 5.69 Å². The van der Waals surface area contributed by atoms with Crippen LogP contribution in [0.25, 0.3) is 10.2 Å². The van der Waals surface area contributed by atoms with Crippen molar-refractivity contribution in [2.75, 3.05) is 10.6 Å². The van der Waals surface area contributed by atoms with Crippen molar-refractivity contribution in [3.05, 3.63) is 51.6 Å². The molecule has 2 N–H and O–H groups in total. The molecule has 0 aliphatic heterocycles. The predicted octanol–water partition coefficient (Wildman–Crippen LogP) is 5.21. The van der Waals surface area contributed by atoms with E-state index in [1.807, 2.05) is 6.07 Å². The standard InChI is InChI=1S/C22H18N6O3S/c23-11-14-8-18(19(28(30)31)9-15(14)12-24)25-16-6-7-17-20(10-16)32-22(26-17)27-21(29)13-4-2-1-3-5-13/h6-10,13,25H,1-5H2,(H,26,27,29). The van der Waals surface area contributed by atoms with Gasteiger partial charge in [-0.3, -0.25) is 14.9 Å². The molecular formula is C22H18N6O3S. The van der Waals surface area contributed by atoms with E-state index in [4.69, 9.17) is 5.26 Å². The van der Waals surface area contributed by atoms with Crippen LogP contribution in [0.2, 0.25) is 0 Å². The summed E-state index contributed by atoms with van der Waals surface area (Å²) in [7, 11) is 0. The first-order chi connectivity index (χ1) is 15.5. The number of hydrogen-bond donors (Lipinski definition) is 2. The maximum Gasteiger partial charge on any atom is 0.294 e. The number of rotatable bonds is 5. The van der Waals surface area contributed by atoms with Crippen LogP contribution in [0.5, 0.6) is 0 Å². The first kappa shape index (κ1) is 21.2. The summed E-state index contributed by atoms with van der Waals surface area (Å²) in [5, 5.41) is 36.2. The molecule has 0 atom stereocenters. The molecule has 1 saturated carbocycles. The molecule has 0 radical (unpaired) electrons. The number of nitriles is 2. The van der Waals surface area contributed by atoms with Gasteiger partial charge in [-0.15, -0.1) is 0 Å². The van der Waals surface area contributed by atoms with Crippen molar-refractivity contribution in [3.63, 3.8) is 0 Å². The molecule has 3 aromatic rings. The van der Waals surface area contributed by atoms with Crippen LogP contribution in [0.4, 0.5) is 22.2 Å². The Labute approximate surface area is 187 Å². The lowest BCUT2D eigenvalue weighted by Gasteiger charge is -2.19. The molecule has 0 unspecified atom stereocenters. The average Bonchev–Trinajstić information content (AvgIpc) is 3.20. The molecule has 32 heavy (non-hydrogen) atoms. The number of carbonyl (C=O) groups is 1. The van der Waals surface area contributed by atoms with Gasteiger partial charge in [-0.1, -0.05) is 30.6 Å². The molecule has 1 aromatic heterocycles. The van der Waals surface area contributed by atoms with E-state index in [0.29, 0.717) is 16.3 Å². The average molecular weight is 446 g/mol. The topological polar surface area (TPSA) is 145 Å². The number of benzene rings is 2. The first-order valence-corrected chi connectivity index (χ1v) is 10.9. The van der Waals surface area contributed by atoms with Crippen LogP contribution in [0.1, 0.15) is 43.2 Å². The minimum Gasteiger partial charge on any atom is -0.350 e. The lowest BCUT2D eigenvalue weighted by molar-refractivity contribution is -0.383. The number of thiazole rings is 1. The van der Waals surface area contributed by atoms with Gasteiger partial charge in [0, 0.05) is 17.7 Å². The largest absolute Gasteiger partial charge is 0.350 e. The summed E-state index contributed by atoms with van der Waals surface area (Å²) in [6.07, 6.45) is 5.12. The minimum atomic E-state index is -0.603. The number of anilines is 3. The number of nitro groups is 1. The molecule has 0 saturated heterocycles. The lowest BCUT2D eigenvalue weighted by Crippen LogP contribution is -2.24. The summed E-state index contributed by atoms with van der Waals surface area (Å²) >= 11 is 1.33. The number of nitrogens with zero attached hydrogens (tertiary/aromatic N) is 4. The van der Waals surface area contributed by atoms with E-state index < -0.39 is 4.92 Å². The van der Waals surface area contributed by atoms with Crippen molar-refractivity contribution in [3.8, 4) is 12.1 Å². The van der Waals surface area contributed by atoms with Gasteiger partial charge in [-0.25, -0.2) is 4.98 Å². The summed E-state index contributed by atoms with van der Waals surface area (Å²) in [6, 6.07) is 11.3. The van der Waals surface area contributed by atoms with Gasteiger partial charge in [0.2, 0.25) is 5.91 Å². The molecule has 1 amide bonds. The van der Waals surface area contributed by atoms with Crippen LogP contribution in [0.3, 0.4) is 0 Å². The molecule has 0 spiro atoms. The van der Waals surface area contributed by atoms with Crippen molar-refractivity contribution in [1.29, 1.82) is 10.5 Å². The zero-order valence-electron chi connectivity index (χ0n) is 16.9. The number of carbonyl (C=O) groups excluding carboxylic acids is 1. The summed E-state index contributed by atoms with van der Waals surface area (Å²) in [5.74, 6) is 0.0265. The molecular weight excluding hydrogens is 428 g/mol. The quantitative estimate of drug-likeness (QED) is 0.404. The fourth-order valence-electron chi connectivity index (χ4n) is 3.81. The maximum absolute atomic E-state index is 12.5. The number of hydrogen-bond acceptors (Lipinski definition) is 8. The molecule has 0 bridgehead atoms. The van der Waals surface area contributed by atoms with E-state index in [1.54, 1.807) is 24.3 Å². The molecule has 1 heterocycles. The van der Waals surface area contributed by atoms with Crippen molar-refractivity contribution in [1.82, 2.24) is 4.98 Å². The molecule has 2 aromatic carbocycles. The number of amides is 1. The highest BCUT2D eigenvalue weighted by molar-refractivity contribution is 7.22. The van der Waals surface area contributed by atoms with Crippen LogP contribution in [0, 0.1) is 38.7 Å². The molecule has 4 rings (SSSR count). The van der Waals surface area contributed by atoms with Crippen LogP contribution < -0.4 is 10.6 Å². The lowest BCUT2D eigenvalue weighted by atomic mass is 9.89. The maximum atomic E-state index is 12.5. The second-order valence-corrected chi connectivity index (χ2v) is 8.58. The SMILES string of the molecule is N#Cc1cc(Nc2ccc3nc(NC(=O)C4CCCCC4)sc3c2)c([N+](=O)[O-])cc1C#N. The van der Waals surface area contributed by atoms with Crippen molar-refractivity contribution >= 4 is 49.7 Å². The van der Waals surface area contributed by atoms with Gasteiger partial charge in [0.05, 0.1) is 26.3 Å². The Morgan fingerprint density at radius 2 is 1.84 bits per heavy atom. The molecule has 9 nitrogen and oxygen atoms in total. The summed E-state index contributed by atoms with van der Waals surface area (Å²) in [4.78, 5) is 27.8. The van der Waals surface area contributed by atoms with E-state index in [-0.39, 0.29) is 34.3 Å². The molecule has 1 aliphatic rings. The monoisotopic (exact) mass is 446 g/mol.